The summed E-state index contributed by atoms with van der Waals surface area (Å²) in [5.74, 6) is -1.42. The van der Waals surface area contributed by atoms with Crippen LogP contribution in [-0.4, -0.2) is 64.8 Å². The normalized spacial score (nSPS) is 25.3. The van der Waals surface area contributed by atoms with Gasteiger partial charge in [0.25, 0.3) is 0 Å². The summed E-state index contributed by atoms with van der Waals surface area (Å²) in [5, 5.41) is 24.5. The van der Waals surface area contributed by atoms with Crippen molar-refractivity contribution in [3.63, 3.8) is 0 Å². The minimum absolute atomic E-state index is 0.170. The van der Waals surface area contributed by atoms with Crippen molar-refractivity contribution >= 4 is 15.2 Å². The monoisotopic (exact) mass is 521 g/mol. The van der Waals surface area contributed by atoms with E-state index in [1.165, 1.54) is 19.3 Å². The van der Waals surface area contributed by atoms with Crippen molar-refractivity contribution in [1.82, 2.24) is 9.13 Å². The largest absolute Gasteiger partial charge is 0.389 e. The minimum atomic E-state index is -4.84. The fourth-order valence-corrected chi connectivity index (χ4v) is 5.76. The molecule has 0 saturated carbocycles. The Morgan fingerprint density at radius 3 is 2.41 bits per heavy atom. The van der Waals surface area contributed by atoms with Crippen LogP contribution in [0.4, 0.5) is 0 Å². The van der Waals surface area contributed by atoms with E-state index < -0.39 is 57.9 Å². The Bertz CT molecular complexity index is 1210. The Morgan fingerprint density at radius 2 is 1.76 bits per heavy atom. The van der Waals surface area contributed by atoms with Gasteiger partial charge in [0.2, 0.25) is 0 Å². The van der Waals surface area contributed by atoms with Gasteiger partial charge in [0.1, 0.15) is 24.9 Å². The van der Waals surface area contributed by atoms with Crippen LogP contribution in [0.1, 0.15) is 11.8 Å². The number of aromatic nitrogens is 2. The molecule has 0 spiro atoms. The highest BCUT2D eigenvalue weighted by Crippen LogP contribution is 2.55. The average Bonchev–Trinajstić information content (AvgIpc) is 3.03. The average molecular weight is 521 g/mol. The maximum Gasteiger partial charge on any atom is 0.340 e. The number of aliphatic hydroxyl groups is 2. The zero-order valence-corrected chi connectivity index (χ0v) is 19.7. The van der Waals surface area contributed by atoms with E-state index in [1.807, 2.05) is 30.3 Å². The molecule has 2 heterocycles. The lowest BCUT2D eigenvalue weighted by molar-refractivity contribution is -0.0530. The molecule has 0 radical (unpaired) electrons. The van der Waals surface area contributed by atoms with E-state index in [4.69, 9.17) is 19.4 Å². The van der Waals surface area contributed by atoms with Crippen LogP contribution in [0.5, 0.6) is 0 Å². The Morgan fingerprint density at radius 1 is 1.09 bits per heavy atom. The molecule has 5 atom stereocenters. The first-order valence-corrected chi connectivity index (χ1v) is 13.4. The third-order valence-corrected chi connectivity index (χ3v) is 8.34. The molecule has 1 aromatic carbocycles. The summed E-state index contributed by atoms with van der Waals surface area (Å²) in [6.45, 7) is -0.580. The summed E-state index contributed by atoms with van der Waals surface area (Å²) in [4.78, 5) is 45.3. The molecular formula is C18H25N3O11P2. The second kappa shape index (κ2) is 10.6. The van der Waals surface area contributed by atoms with E-state index in [2.05, 4.69) is 9.68 Å². The molecule has 0 bridgehead atoms. The lowest BCUT2D eigenvalue weighted by Gasteiger charge is -2.19. The highest BCUT2D eigenvalue weighted by molar-refractivity contribution is 7.70. The Kier molecular flexibility index (Phi) is 8.30. The molecule has 1 fully saturated rings. The fourth-order valence-electron chi connectivity index (χ4n) is 3.19. The summed E-state index contributed by atoms with van der Waals surface area (Å²) in [5.41, 5.74) is 0.376. The molecule has 1 aliphatic rings. The van der Waals surface area contributed by atoms with Crippen LogP contribution < -0.4 is 11.2 Å². The van der Waals surface area contributed by atoms with Crippen molar-refractivity contribution in [3.05, 3.63) is 64.1 Å². The summed E-state index contributed by atoms with van der Waals surface area (Å²) >= 11 is 0. The topological polar surface area (TPSA) is 202 Å². The van der Waals surface area contributed by atoms with E-state index in [9.17, 15) is 29.0 Å². The van der Waals surface area contributed by atoms with Crippen molar-refractivity contribution in [2.24, 2.45) is 12.2 Å². The molecule has 0 aliphatic carbocycles. The Labute approximate surface area is 193 Å². The second-order valence-corrected chi connectivity index (χ2v) is 11.6. The quantitative estimate of drug-likeness (QED) is 0.204. The van der Waals surface area contributed by atoms with Crippen molar-refractivity contribution < 1.29 is 48.1 Å². The van der Waals surface area contributed by atoms with Crippen LogP contribution in [0.2, 0.25) is 0 Å². The van der Waals surface area contributed by atoms with Crippen molar-refractivity contribution in [2.45, 2.75) is 31.1 Å². The number of rotatable bonds is 9. The summed E-state index contributed by atoms with van der Waals surface area (Å²) in [6.07, 6.45) is -4.68. The zero-order valence-electron chi connectivity index (χ0n) is 17.9. The highest BCUT2D eigenvalue weighted by Gasteiger charge is 2.45. The first-order valence-electron chi connectivity index (χ1n) is 9.88. The van der Waals surface area contributed by atoms with Gasteiger partial charge < -0.3 is 39.0 Å². The van der Waals surface area contributed by atoms with Crippen molar-refractivity contribution in [2.75, 3.05) is 12.5 Å². The van der Waals surface area contributed by atoms with Crippen LogP contribution in [-0.2, 0) is 36.9 Å². The maximum absolute atomic E-state index is 12.8. The van der Waals surface area contributed by atoms with Crippen LogP contribution in [0, 0.1) is 0 Å². The van der Waals surface area contributed by atoms with Gasteiger partial charge in [-0.3, -0.25) is 18.3 Å². The number of nitrogens with zero attached hydrogens (tertiary/aromatic N) is 3. The van der Waals surface area contributed by atoms with Gasteiger partial charge in [0, 0.05) is 19.3 Å². The van der Waals surface area contributed by atoms with Gasteiger partial charge in [-0.25, -0.2) is 4.79 Å². The molecule has 16 heteroatoms. The van der Waals surface area contributed by atoms with Crippen LogP contribution in [0.3, 0.4) is 0 Å². The molecule has 14 nitrogen and oxygen atoms in total. The molecule has 3 rings (SSSR count). The van der Waals surface area contributed by atoms with E-state index in [-0.39, 0.29) is 12.1 Å². The molecule has 1 unspecified atom stereocenters. The molecular weight excluding hydrogens is 496 g/mol. The molecule has 1 aliphatic heterocycles. The third-order valence-electron chi connectivity index (χ3n) is 4.88. The van der Waals surface area contributed by atoms with Gasteiger partial charge in [-0.15, -0.1) is 0 Å². The van der Waals surface area contributed by atoms with E-state index in [1.54, 1.807) is 0 Å². The van der Waals surface area contributed by atoms with Crippen molar-refractivity contribution in [1.29, 1.82) is 0 Å². The molecule has 2 aromatic rings. The smallest absolute Gasteiger partial charge is 0.340 e. The SMILES string of the molecule is Cn1c(=O)n([C@@H]2O[C@H](COP(=O)(O)CP(=O)(O)O)[C@@H](O)[C@H]2O)cc/c1=N\OCc1ccccc1. The van der Waals surface area contributed by atoms with Gasteiger partial charge in [0.15, 0.2) is 17.6 Å². The minimum Gasteiger partial charge on any atom is -0.389 e. The Balaban J connectivity index is 1.71. The standard InChI is InChI=1S/C18H25N3O11P2/c1-20-14(19-30-9-12-5-3-2-4-6-12)7-8-21(18(20)24)17-16(23)15(22)13(32-17)10-31-34(28,29)11-33(25,26)27/h2-8,13,15-17,22-23H,9-11H2,1H3,(H,28,29)(H2,25,26,27)/b19-14+/t13-,15-,16-,17-/m1/s1. The third kappa shape index (κ3) is 6.72. The number of hydrogen-bond acceptors (Lipinski definition) is 9. The van der Waals surface area contributed by atoms with Gasteiger partial charge in [-0.05, 0) is 5.56 Å². The van der Waals surface area contributed by atoms with Crippen LogP contribution in [0.15, 0.2) is 52.5 Å². The number of aliphatic hydroxyl groups excluding tert-OH is 2. The van der Waals surface area contributed by atoms with Gasteiger partial charge in [-0.2, -0.15) is 0 Å². The highest BCUT2D eigenvalue weighted by atomic mass is 31.2. The molecule has 5 N–H and O–H groups in total. The van der Waals surface area contributed by atoms with E-state index in [0.29, 0.717) is 0 Å². The number of hydrogen-bond donors (Lipinski definition) is 5. The zero-order chi connectivity index (χ0) is 25.1. The molecule has 34 heavy (non-hydrogen) atoms. The molecule has 1 aromatic heterocycles. The molecule has 1 saturated heterocycles. The van der Waals surface area contributed by atoms with Gasteiger partial charge in [0.05, 0.1) is 6.61 Å². The summed E-state index contributed by atoms with van der Waals surface area (Å²) in [6, 6.07) is 10.7. The second-order valence-electron chi connectivity index (χ2n) is 7.56. The molecule has 0 amide bonds. The number of ether oxygens (including phenoxy) is 1. The van der Waals surface area contributed by atoms with Crippen LogP contribution in [0.25, 0.3) is 0 Å². The van der Waals surface area contributed by atoms with Crippen LogP contribution >= 0.6 is 15.2 Å². The van der Waals surface area contributed by atoms with Gasteiger partial charge >= 0.3 is 20.9 Å². The first kappa shape index (κ1) is 26.5. The lowest BCUT2D eigenvalue weighted by Crippen LogP contribution is -2.42. The fraction of sp³-hybridized carbons (Fsp3) is 0.444. The lowest BCUT2D eigenvalue weighted by atomic mass is 10.1. The molecule has 188 valence electrons. The first-order chi connectivity index (χ1) is 15.9. The predicted octanol–water partition coefficient (Wildman–Crippen LogP) is -0.824. The Hall–Kier alpha value is -2.12. The van der Waals surface area contributed by atoms with E-state index in [0.717, 1.165) is 14.7 Å². The van der Waals surface area contributed by atoms with Crippen molar-refractivity contribution in [3.8, 4) is 0 Å². The summed E-state index contributed by atoms with van der Waals surface area (Å²) in [7, 11) is -8.12. The van der Waals surface area contributed by atoms with E-state index >= 15 is 0 Å². The number of benzene rings is 1. The maximum atomic E-state index is 12.8. The predicted molar refractivity (Wildman–Crippen MR) is 115 cm³/mol. The van der Waals surface area contributed by atoms with Gasteiger partial charge in [-0.1, -0.05) is 35.5 Å². The summed E-state index contributed by atoms with van der Waals surface area (Å²) < 4.78 is 34.9.